The van der Waals surface area contributed by atoms with E-state index in [9.17, 15) is 14.4 Å². The van der Waals surface area contributed by atoms with Crippen LogP contribution in [0.15, 0.2) is 16.9 Å². The van der Waals surface area contributed by atoms with Crippen LogP contribution in [-0.4, -0.2) is 47.0 Å². The summed E-state index contributed by atoms with van der Waals surface area (Å²) in [7, 11) is 1.51. The number of rotatable bonds is 9. The van der Waals surface area contributed by atoms with Crippen molar-refractivity contribution in [2.45, 2.75) is 25.8 Å². The molecule has 0 unspecified atom stereocenters. The van der Waals surface area contributed by atoms with E-state index in [1.807, 2.05) is 0 Å². The molecule has 0 saturated heterocycles. The summed E-state index contributed by atoms with van der Waals surface area (Å²) in [5, 5.41) is 15.1. The van der Waals surface area contributed by atoms with E-state index in [1.165, 1.54) is 23.9 Å². The van der Waals surface area contributed by atoms with Crippen LogP contribution in [-0.2, 0) is 16.1 Å². The van der Waals surface area contributed by atoms with Crippen molar-refractivity contribution < 1.29 is 19.4 Å². The fourth-order valence-corrected chi connectivity index (χ4v) is 1.60. The molecule has 0 aliphatic carbocycles. The number of unbranched alkanes of at least 4 members (excludes halogenated alkanes) is 1. The number of carboxylic acids is 1. The molecular weight excluding hydrogens is 278 g/mol. The van der Waals surface area contributed by atoms with E-state index in [0.717, 1.165) is 0 Å². The van der Waals surface area contributed by atoms with Gasteiger partial charge in [0, 0.05) is 26.1 Å². The van der Waals surface area contributed by atoms with Gasteiger partial charge in [-0.2, -0.15) is 5.10 Å². The summed E-state index contributed by atoms with van der Waals surface area (Å²) in [6.45, 7) is 0.965. The Morgan fingerprint density at radius 3 is 2.81 bits per heavy atom. The SMILES string of the molecule is COCCn1nc(C(=O)NCCCCC(=O)O)ccc1=O. The van der Waals surface area contributed by atoms with Crippen LogP contribution < -0.4 is 10.9 Å². The van der Waals surface area contributed by atoms with Crippen molar-refractivity contribution >= 4 is 11.9 Å². The lowest BCUT2D eigenvalue weighted by molar-refractivity contribution is -0.137. The van der Waals surface area contributed by atoms with Gasteiger partial charge in [-0.25, -0.2) is 4.68 Å². The monoisotopic (exact) mass is 297 g/mol. The molecule has 0 aliphatic heterocycles. The van der Waals surface area contributed by atoms with Crippen molar-refractivity contribution in [2.24, 2.45) is 0 Å². The highest BCUT2D eigenvalue weighted by Crippen LogP contribution is 1.95. The molecule has 1 rings (SSSR count). The Morgan fingerprint density at radius 2 is 2.14 bits per heavy atom. The minimum absolute atomic E-state index is 0.0794. The summed E-state index contributed by atoms with van der Waals surface area (Å²) < 4.78 is 6.03. The Balaban J connectivity index is 2.50. The number of aromatic nitrogens is 2. The minimum Gasteiger partial charge on any atom is -0.481 e. The smallest absolute Gasteiger partial charge is 0.303 e. The average molecular weight is 297 g/mol. The second kappa shape index (κ2) is 8.85. The highest BCUT2D eigenvalue weighted by molar-refractivity contribution is 5.91. The van der Waals surface area contributed by atoms with Crippen LogP contribution >= 0.6 is 0 Å². The maximum atomic E-state index is 11.8. The fourth-order valence-electron chi connectivity index (χ4n) is 1.60. The third-order valence-electron chi connectivity index (χ3n) is 2.71. The number of carbonyl (C=O) groups is 2. The zero-order valence-electron chi connectivity index (χ0n) is 11.9. The normalized spacial score (nSPS) is 10.3. The number of amides is 1. The molecule has 21 heavy (non-hydrogen) atoms. The molecule has 0 bridgehead atoms. The summed E-state index contributed by atoms with van der Waals surface area (Å²) in [4.78, 5) is 33.7. The van der Waals surface area contributed by atoms with Crippen molar-refractivity contribution in [1.29, 1.82) is 0 Å². The summed E-state index contributed by atoms with van der Waals surface area (Å²) in [5.41, 5.74) is -0.158. The predicted octanol–water partition coefficient (Wildman–Crippen LogP) is -0.126. The van der Waals surface area contributed by atoms with Crippen LogP contribution in [0, 0.1) is 0 Å². The molecule has 0 atom stereocenters. The van der Waals surface area contributed by atoms with Crippen molar-refractivity contribution in [3.05, 3.63) is 28.2 Å². The molecule has 2 N–H and O–H groups in total. The van der Waals surface area contributed by atoms with Gasteiger partial charge < -0.3 is 15.2 Å². The molecule has 8 nitrogen and oxygen atoms in total. The number of nitrogens with zero attached hydrogens (tertiary/aromatic N) is 2. The first-order chi connectivity index (χ1) is 10.0. The molecular formula is C13H19N3O5. The van der Waals surface area contributed by atoms with Gasteiger partial charge in [0.05, 0.1) is 13.2 Å². The lowest BCUT2D eigenvalue weighted by Gasteiger charge is -2.07. The largest absolute Gasteiger partial charge is 0.481 e. The summed E-state index contributed by atoms with van der Waals surface area (Å²) >= 11 is 0. The lowest BCUT2D eigenvalue weighted by Crippen LogP contribution is -2.30. The van der Waals surface area contributed by atoms with E-state index in [0.29, 0.717) is 26.0 Å². The zero-order valence-corrected chi connectivity index (χ0v) is 11.9. The van der Waals surface area contributed by atoms with Crippen LogP contribution in [0.1, 0.15) is 29.8 Å². The fraction of sp³-hybridized carbons (Fsp3) is 0.538. The summed E-state index contributed by atoms with van der Waals surface area (Å²) in [5.74, 6) is -1.25. The molecule has 0 fully saturated rings. The number of carbonyl (C=O) groups excluding carboxylic acids is 1. The van der Waals surface area contributed by atoms with E-state index >= 15 is 0 Å². The number of hydrogen-bond donors (Lipinski definition) is 2. The number of nitrogens with one attached hydrogen (secondary N) is 1. The molecule has 0 radical (unpaired) electrons. The molecule has 8 heteroatoms. The Bertz CT molecular complexity index is 541. The highest BCUT2D eigenvalue weighted by Gasteiger charge is 2.09. The average Bonchev–Trinajstić information content (AvgIpc) is 2.45. The van der Waals surface area contributed by atoms with Gasteiger partial charge in [-0.3, -0.25) is 14.4 Å². The number of carboxylic acid groups (broad SMARTS) is 1. The van der Waals surface area contributed by atoms with Crippen LogP contribution in [0.2, 0.25) is 0 Å². The van der Waals surface area contributed by atoms with Gasteiger partial charge in [0.2, 0.25) is 0 Å². The van der Waals surface area contributed by atoms with Crippen LogP contribution in [0.5, 0.6) is 0 Å². The second-order valence-corrected chi connectivity index (χ2v) is 4.38. The maximum absolute atomic E-state index is 11.8. The Morgan fingerprint density at radius 1 is 1.38 bits per heavy atom. The van der Waals surface area contributed by atoms with E-state index in [-0.39, 0.29) is 24.2 Å². The first-order valence-corrected chi connectivity index (χ1v) is 6.61. The van der Waals surface area contributed by atoms with Crippen molar-refractivity contribution in [1.82, 2.24) is 15.1 Å². The van der Waals surface area contributed by atoms with E-state index < -0.39 is 11.9 Å². The number of hydrogen-bond acceptors (Lipinski definition) is 5. The van der Waals surface area contributed by atoms with Gasteiger partial charge in [0.25, 0.3) is 11.5 Å². The first kappa shape index (κ1) is 16.8. The van der Waals surface area contributed by atoms with Crippen molar-refractivity contribution in [2.75, 3.05) is 20.3 Å². The van der Waals surface area contributed by atoms with E-state index in [2.05, 4.69) is 10.4 Å². The molecule has 1 aromatic rings. The Hall–Kier alpha value is -2.22. The van der Waals surface area contributed by atoms with Gasteiger partial charge in [-0.15, -0.1) is 0 Å². The summed E-state index contributed by atoms with van der Waals surface area (Å²) in [6.07, 6.45) is 1.15. The van der Waals surface area contributed by atoms with Gasteiger partial charge >= 0.3 is 5.97 Å². The minimum atomic E-state index is -0.854. The molecule has 116 valence electrons. The third-order valence-corrected chi connectivity index (χ3v) is 2.71. The topological polar surface area (TPSA) is 111 Å². The number of aliphatic carboxylic acids is 1. The van der Waals surface area contributed by atoms with Crippen LogP contribution in [0.25, 0.3) is 0 Å². The number of methoxy groups -OCH3 is 1. The standard InChI is InChI=1S/C13H19N3O5/c1-21-9-8-16-11(17)6-5-10(15-16)13(20)14-7-3-2-4-12(18)19/h5-6H,2-4,7-9H2,1H3,(H,14,20)(H,18,19). The number of ether oxygens (including phenoxy) is 1. The van der Waals surface area contributed by atoms with Crippen molar-refractivity contribution in [3.63, 3.8) is 0 Å². The Kier molecular flexibility index (Phi) is 7.10. The van der Waals surface area contributed by atoms with Gasteiger partial charge in [-0.1, -0.05) is 0 Å². The molecule has 1 amide bonds. The molecule has 0 spiro atoms. The maximum Gasteiger partial charge on any atom is 0.303 e. The van der Waals surface area contributed by atoms with Crippen molar-refractivity contribution in [3.8, 4) is 0 Å². The third kappa shape index (κ3) is 6.17. The highest BCUT2D eigenvalue weighted by atomic mass is 16.5. The second-order valence-electron chi connectivity index (χ2n) is 4.38. The van der Waals surface area contributed by atoms with Crippen LogP contribution in [0.4, 0.5) is 0 Å². The molecule has 0 saturated carbocycles. The molecule has 1 aromatic heterocycles. The van der Waals surface area contributed by atoms with Crippen LogP contribution in [0.3, 0.4) is 0 Å². The summed E-state index contributed by atoms with van der Waals surface area (Å²) in [6, 6.07) is 2.64. The first-order valence-electron chi connectivity index (χ1n) is 6.61. The quantitative estimate of drug-likeness (QED) is 0.614. The molecule has 0 aromatic carbocycles. The molecule has 1 heterocycles. The molecule has 0 aliphatic rings. The van der Waals surface area contributed by atoms with E-state index in [1.54, 1.807) is 0 Å². The van der Waals surface area contributed by atoms with Gasteiger partial charge in [0.1, 0.15) is 5.69 Å². The lowest BCUT2D eigenvalue weighted by atomic mass is 10.2. The predicted molar refractivity (Wildman–Crippen MR) is 74.2 cm³/mol. The van der Waals surface area contributed by atoms with Gasteiger partial charge in [0.15, 0.2) is 0 Å². The van der Waals surface area contributed by atoms with Gasteiger partial charge in [-0.05, 0) is 18.9 Å². The Labute approximate surface area is 121 Å². The van der Waals surface area contributed by atoms with E-state index in [4.69, 9.17) is 9.84 Å². The zero-order chi connectivity index (χ0) is 15.7.